The fourth-order valence-electron chi connectivity index (χ4n) is 5.61. The first-order valence-corrected chi connectivity index (χ1v) is 15.2. The van der Waals surface area contributed by atoms with Crippen molar-refractivity contribution >= 4 is 50.9 Å². The molecular formula is C30H28ClFN4O6S. The minimum atomic E-state index is -4.19. The van der Waals surface area contributed by atoms with E-state index in [-0.39, 0.29) is 27.9 Å². The van der Waals surface area contributed by atoms with Crippen LogP contribution in [0.4, 0.5) is 15.8 Å². The zero-order chi connectivity index (χ0) is 30.9. The Balaban J connectivity index is 1.40. The van der Waals surface area contributed by atoms with Crippen LogP contribution in [0.15, 0.2) is 72.3 Å². The highest BCUT2D eigenvalue weighted by atomic mass is 35.5. The predicted molar refractivity (Wildman–Crippen MR) is 160 cm³/mol. The lowest BCUT2D eigenvalue weighted by Gasteiger charge is -2.26. The Morgan fingerprint density at radius 2 is 1.81 bits per heavy atom. The van der Waals surface area contributed by atoms with Crippen LogP contribution in [0, 0.1) is 11.2 Å². The third kappa shape index (κ3) is 6.56. The molecule has 5 rings (SSSR count). The van der Waals surface area contributed by atoms with Gasteiger partial charge < -0.3 is 15.0 Å². The van der Waals surface area contributed by atoms with Gasteiger partial charge in [0.15, 0.2) is 0 Å². The SMILES string of the molecule is COc1cc(C(=O)N2CC[C@]3(C=C(C(=O)NS(N)(=O)=O)CC3)Cc3ccccc32)ccc1NC(=O)c1cc(F)ccc1Cl. The number of halogens is 2. The molecule has 0 fully saturated rings. The number of nitrogens with two attached hydrogens (primary N) is 1. The molecule has 3 amide bonds. The molecule has 1 spiro atoms. The Bertz CT molecular complexity index is 1780. The summed E-state index contributed by atoms with van der Waals surface area (Å²) >= 11 is 6.07. The number of ether oxygens (including phenoxy) is 1. The van der Waals surface area contributed by atoms with Crippen molar-refractivity contribution < 1.29 is 31.9 Å². The van der Waals surface area contributed by atoms with E-state index in [4.69, 9.17) is 21.5 Å². The van der Waals surface area contributed by atoms with E-state index in [1.807, 2.05) is 35.1 Å². The van der Waals surface area contributed by atoms with Gasteiger partial charge in [-0.3, -0.25) is 14.4 Å². The van der Waals surface area contributed by atoms with E-state index < -0.39 is 33.3 Å². The van der Waals surface area contributed by atoms with Crippen LogP contribution < -0.4 is 24.8 Å². The van der Waals surface area contributed by atoms with Gasteiger partial charge in [0, 0.05) is 23.4 Å². The van der Waals surface area contributed by atoms with Crippen molar-refractivity contribution in [2.75, 3.05) is 23.9 Å². The van der Waals surface area contributed by atoms with E-state index in [9.17, 15) is 27.2 Å². The van der Waals surface area contributed by atoms with Crippen LogP contribution in [0.3, 0.4) is 0 Å². The summed E-state index contributed by atoms with van der Waals surface area (Å²) in [6.07, 6.45) is 3.87. The van der Waals surface area contributed by atoms with Crippen molar-refractivity contribution in [3.8, 4) is 5.75 Å². The number of methoxy groups -OCH3 is 1. The standard InChI is InChI=1S/C30H28ClFN4O6S/c1-42-26-14-18(6-9-24(26)34-28(38)22-15-21(32)7-8-23(22)31)29(39)36-13-12-30(16-19-4-2-3-5-25(19)36)11-10-20(17-30)27(37)35-43(33,40)41/h2-9,14-15,17H,10-13,16H2,1H3,(H,34,38)(H,35,37)(H2,33,40,41)/t30-/m0/s1. The maximum atomic E-state index is 13.9. The summed E-state index contributed by atoms with van der Waals surface area (Å²) in [6.45, 7) is 0.329. The van der Waals surface area contributed by atoms with Crippen LogP contribution >= 0.6 is 11.6 Å². The smallest absolute Gasteiger partial charge is 0.298 e. The monoisotopic (exact) mass is 626 g/mol. The van der Waals surface area contributed by atoms with E-state index in [1.165, 1.54) is 25.3 Å². The number of para-hydroxylation sites is 1. The molecule has 1 aliphatic heterocycles. The summed E-state index contributed by atoms with van der Waals surface area (Å²) < 4.78 is 43.7. The van der Waals surface area contributed by atoms with Crippen LogP contribution in [-0.4, -0.2) is 39.8 Å². The first-order chi connectivity index (χ1) is 20.4. The summed E-state index contributed by atoms with van der Waals surface area (Å²) in [5.41, 5.74) is 2.03. The van der Waals surface area contributed by atoms with Crippen LogP contribution in [0.25, 0.3) is 0 Å². The number of nitrogens with one attached hydrogen (secondary N) is 2. The fraction of sp³-hybridized carbons (Fsp3) is 0.233. The topological polar surface area (TPSA) is 148 Å². The minimum Gasteiger partial charge on any atom is -0.495 e. The summed E-state index contributed by atoms with van der Waals surface area (Å²) in [6, 6.07) is 15.6. The molecule has 3 aromatic rings. The number of hydrogen-bond donors (Lipinski definition) is 3. The molecule has 3 aromatic carbocycles. The van der Waals surface area contributed by atoms with Gasteiger partial charge in [0.05, 0.1) is 23.4 Å². The van der Waals surface area contributed by atoms with E-state index >= 15 is 0 Å². The zero-order valence-corrected chi connectivity index (χ0v) is 24.6. The molecule has 2 aliphatic rings. The molecule has 10 nitrogen and oxygen atoms in total. The lowest BCUT2D eigenvalue weighted by atomic mass is 9.79. The van der Waals surface area contributed by atoms with E-state index in [1.54, 1.807) is 11.0 Å². The van der Waals surface area contributed by atoms with Gasteiger partial charge in [-0.25, -0.2) is 14.3 Å². The number of anilines is 2. The molecule has 0 saturated heterocycles. The third-order valence-corrected chi connectivity index (χ3v) is 8.47. The number of benzene rings is 3. The number of fused-ring (bicyclic) bond motifs is 1. The van der Waals surface area contributed by atoms with Crippen molar-refractivity contribution in [1.82, 2.24) is 4.72 Å². The first-order valence-electron chi connectivity index (χ1n) is 13.3. The molecule has 1 atom stereocenters. The molecule has 43 heavy (non-hydrogen) atoms. The molecule has 4 N–H and O–H groups in total. The maximum Gasteiger partial charge on any atom is 0.298 e. The number of allylic oxidation sites excluding steroid dienone is 1. The molecular weight excluding hydrogens is 599 g/mol. The number of rotatable bonds is 6. The van der Waals surface area contributed by atoms with Crippen molar-refractivity contribution in [3.05, 3.63) is 99.8 Å². The summed E-state index contributed by atoms with van der Waals surface area (Å²) in [5.74, 6) is -2.09. The quantitative estimate of drug-likeness (QED) is 0.370. The van der Waals surface area contributed by atoms with E-state index in [0.29, 0.717) is 43.4 Å². The summed E-state index contributed by atoms with van der Waals surface area (Å²) in [5, 5.41) is 7.71. The van der Waals surface area contributed by atoms with Crippen molar-refractivity contribution in [2.45, 2.75) is 25.7 Å². The molecule has 0 aromatic heterocycles. The van der Waals surface area contributed by atoms with Gasteiger partial charge in [0.25, 0.3) is 27.9 Å². The third-order valence-electron chi connectivity index (χ3n) is 7.67. The molecule has 0 saturated carbocycles. The summed E-state index contributed by atoms with van der Waals surface area (Å²) in [7, 11) is -2.79. The Morgan fingerprint density at radius 1 is 1.05 bits per heavy atom. The molecule has 0 bridgehead atoms. The lowest BCUT2D eigenvalue weighted by molar-refractivity contribution is -0.115. The normalized spacial score (nSPS) is 18.0. The van der Waals surface area contributed by atoms with Gasteiger partial charge in [-0.15, -0.1) is 0 Å². The van der Waals surface area contributed by atoms with Gasteiger partial charge in [-0.05, 0) is 79.1 Å². The Kier molecular flexibility index (Phi) is 8.28. The predicted octanol–water partition coefficient (Wildman–Crippen LogP) is 4.36. The van der Waals surface area contributed by atoms with Crippen molar-refractivity contribution in [1.29, 1.82) is 0 Å². The second-order valence-corrected chi connectivity index (χ2v) is 12.2. The molecule has 1 aliphatic carbocycles. The largest absolute Gasteiger partial charge is 0.495 e. The second kappa shape index (κ2) is 11.8. The average molecular weight is 627 g/mol. The van der Waals surface area contributed by atoms with E-state index in [2.05, 4.69) is 5.32 Å². The van der Waals surface area contributed by atoms with Crippen LogP contribution in [0.1, 0.15) is 45.5 Å². The van der Waals surface area contributed by atoms with Crippen molar-refractivity contribution in [2.24, 2.45) is 10.6 Å². The highest BCUT2D eigenvalue weighted by molar-refractivity contribution is 7.87. The van der Waals surface area contributed by atoms with E-state index in [0.717, 1.165) is 23.4 Å². The lowest BCUT2D eigenvalue weighted by Crippen LogP contribution is -2.36. The summed E-state index contributed by atoms with van der Waals surface area (Å²) in [4.78, 5) is 40.9. The Labute approximate surface area is 252 Å². The average Bonchev–Trinajstić information content (AvgIpc) is 3.30. The van der Waals surface area contributed by atoms with Gasteiger partial charge in [0.2, 0.25) is 0 Å². The van der Waals surface area contributed by atoms with Crippen LogP contribution in [-0.2, 0) is 21.4 Å². The van der Waals surface area contributed by atoms with Crippen LogP contribution in [0.2, 0.25) is 5.02 Å². The highest BCUT2D eigenvalue weighted by Crippen LogP contribution is 2.46. The first kappa shape index (κ1) is 30.2. The minimum absolute atomic E-state index is 0.0507. The van der Waals surface area contributed by atoms with Gasteiger partial charge in [-0.2, -0.15) is 8.42 Å². The number of carbonyl (C=O) groups excluding carboxylic acids is 3. The molecule has 224 valence electrons. The number of nitrogens with zero attached hydrogens (tertiary/aromatic N) is 1. The number of amides is 3. The number of carbonyl (C=O) groups is 3. The highest BCUT2D eigenvalue weighted by Gasteiger charge is 2.39. The van der Waals surface area contributed by atoms with Crippen LogP contribution in [0.5, 0.6) is 5.75 Å². The Morgan fingerprint density at radius 3 is 2.56 bits per heavy atom. The van der Waals surface area contributed by atoms with Gasteiger partial charge in [-0.1, -0.05) is 35.9 Å². The molecule has 0 radical (unpaired) electrons. The number of hydrogen-bond acceptors (Lipinski definition) is 6. The zero-order valence-electron chi connectivity index (χ0n) is 23.0. The fourth-order valence-corrected chi connectivity index (χ4v) is 6.20. The second-order valence-electron chi connectivity index (χ2n) is 10.5. The maximum absolute atomic E-state index is 13.9. The Hall–Kier alpha value is -4.26. The van der Waals surface area contributed by atoms with Gasteiger partial charge in [0.1, 0.15) is 11.6 Å². The molecule has 0 unspecified atom stereocenters. The van der Waals surface area contributed by atoms with Crippen molar-refractivity contribution in [3.63, 3.8) is 0 Å². The van der Waals surface area contributed by atoms with Gasteiger partial charge >= 0.3 is 0 Å². The molecule has 1 heterocycles. The molecule has 13 heteroatoms.